The first-order chi connectivity index (χ1) is 19.7. The molecule has 3 rings (SSSR count). The van der Waals surface area contributed by atoms with Crippen molar-refractivity contribution in [1.82, 2.24) is 0 Å². The van der Waals surface area contributed by atoms with Gasteiger partial charge in [0.1, 0.15) is 29.4 Å². The van der Waals surface area contributed by atoms with Gasteiger partial charge in [-0.1, -0.05) is 23.8 Å². The van der Waals surface area contributed by atoms with E-state index in [1.54, 1.807) is 24.3 Å². The summed E-state index contributed by atoms with van der Waals surface area (Å²) in [6, 6.07) is 12.3. The van der Waals surface area contributed by atoms with E-state index in [2.05, 4.69) is 0 Å². The minimum absolute atomic E-state index is 0.00525. The molecule has 11 nitrogen and oxygen atoms in total. The molecule has 226 valence electrons. The van der Waals surface area contributed by atoms with Crippen LogP contribution in [-0.2, 0) is 25.0 Å². The molecule has 42 heavy (non-hydrogen) atoms. The molecule has 0 aliphatic heterocycles. The van der Waals surface area contributed by atoms with Crippen molar-refractivity contribution in [3.8, 4) is 51.0 Å². The summed E-state index contributed by atoms with van der Waals surface area (Å²) in [6.07, 6.45) is 3.66. The normalized spacial score (nSPS) is 11.3. The molecular formula is C29H32O11S2. The van der Waals surface area contributed by atoms with Gasteiger partial charge in [-0.25, -0.2) is 4.79 Å². The fourth-order valence-electron chi connectivity index (χ4n) is 3.99. The van der Waals surface area contributed by atoms with Crippen LogP contribution in [0.3, 0.4) is 0 Å². The van der Waals surface area contributed by atoms with E-state index in [0.29, 0.717) is 16.7 Å². The summed E-state index contributed by atoms with van der Waals surface area (Å²) in [7, 11) is -3.69. The zero-order valence-corrected chi connectivity index (χ0v) is 25.8. The smallest absolute Gasteiger partial charge is 0.342 e. The number of allylic oxidation sites excluding steroid dienone is 1. The molecule has 0 fully saturated rings. The van der Waals surface area contributed by atoms with Gasteiger partial charge in [0.15, 0.2) is 11.5 Å². The Bertz CT molecular complexity index is 1700. The number of carbonyl (C=O) groups excluding carboxylic acids is 1. The van der Waals surface area contributed by atoms with Gasteiger partial charge in [0.2, 0.25) is 0 Å². The molecule has 0 saturated carbocycles. The van der Waals surface area contributed by atoms with Gasteiger partial charge < -0.3 is 27.3 Å². The molecule has 0 aliphatic rings. The molecule has 0 saturated heterocycles. The Hall–Kier alpha value is -4.23. The topological polar surface area (TPSA) is 141 Å². The van der Waals surface area contributed by atoms with Gasteiger partial charge in [-0.3, -0.25) is 0 Å². The van der Waals surface area contributed by atoms with Crippen molar-refractivity contribution in [3.05, 3.63) is 65.7 Å². The number of hydrogen-bond acceptors (Lipinski definition) is 11. The van der Waals surface area contributed by atoms with Crippen LogP contribution in [0, 0.1) is 0 Å². The van der Waals surface area contributed by atoms with Gasteiger partial charge in [0, 0.05) is 11.1 Å². The molecule has 0 aliphatic carbocycles. The Labute approximate surface area is 245 Å². The highest BCUT2D eigenvalue weighted by molar-refractivity contribution is 7.86. The molecule has 0 atom stereocenters. The van der Waals surface area contributed by atoms with E-state index in [4.69, 9.17) is 27.3 Å². The third-order valence-electron chi connectivity index (χ3n) is 5.67. The first kappa shape index (κ1) is 32.3. The average Bonchev–Trinajstić information content (AvgIpc) is 2.90. The van der Waals surface area contributed by atoms with E-state index >= 15 is 0 Å². The predicted octanol–water partition coefficient (Wildman–Crippen LogP) is 4.85. The summed E-state index contributed by atoms with van der Waals surface area (Å²) >= 11 is 0. The Kier molecular flexibility index (Phi) is 10.1. The van der Waals surface area contributed by atoms with Crippen molar-refractivity contribution in [1.29, 1.82) is 0 Å². The van der Waals surface area contributed by atoms with E-state index in [1.165, 1.54) is 45.6 Å². The maximum atomic E-state index is 13.2. The van der Waals surface area contributed by atoms with Crippen molar-refractivity contribution < 1.29 is 48.9 Å². The second-order valence-electron chi connectivity index (χ2n) is 9.25. The largest absolute Gasteiger partial charge is 0.496 e. The van der Waals surface area contributed by atoms with Crippen molar-refractivity contribution in [2.45, 2.75) is 13.8 Å². The second-order valence-corrected chi connectivity index (χ2v) is 12.4. The lowest BCUT2D eigenvalue weighted by Crippen LogP contribution is -2.10. The molecule has 0 spiro atoms. The third kappa shape index (κ3) is 8.17. The van der Waals surface area contributed by atoms with Gasteiger partial charge in [-0.15, -0.1) is 0 Å². The van der Waals surface area contributed by atoms with Crippen LogP contribution < -0.4 is 22.6 Å². The fourth-order valence-corrected chi connectivity index (χ4v) is 4.90. The molecular weight excluding hydrogens is 588 g/mol. The zero-order chi connectivity index (χ0) is 31.2. The first-order valence-electron chi connectivity index (χ1n) is 12.3. The maximum Gasteiger partial charge on any atom is 0.342 e. The Balaban J connectivity index is 2.28. The van der Waals surface area contributed by atoms with Crippen LogP contribution in [0.15, 0.2) is 60.2 Å². The highest BCUT2D eigenvalue weighted by Crippen LogP contribution is 2.47. The average molecular weight is 621 g/mol. The van der Waals surface area contributed by atoms with E-state index in [1.807, 2.05) is 19.9 Å². The van der Waals surface area contributed by atoms with Crippen LogP contribution in [-0.4, -0.2) is 63.3 Å². The molecule has 0 radical (unpaired) electrons. The van der Waals surface area contributed by atoms with E-state index in [9.17, 15) is 21.6 Å². The molecule has 0 bridgehead atoms. The van der Waals surface area contributed by atoms with Crippen molar-refractivity contribution >= 4 is 26.2 Å². The molecule has 0 unspecified atom stereocenters. The number of esters is 1. The zero-order valence-electron chi connectivity index (χ0n) is 24.2. The minimum atomic E-state index is -3.95. The standard InChI is InChI=1S/C29H32O11S2/c1-18(2)14-15-38-23-13-10-20(16-24(23)40-42(7,33)34)26-25(35-3)17-22(28(36-4)27(26)29(30)37-5)19-8-11-21(12-9-19)39-41(6,31)32/h8-14,16-17H,15H2,1-7H3. The second kappa shape index (κ2) is 13.2. The third-order valence-corrected chi connectivity index (χ3v) is 6.65. The van der Waals surface area contributed by atoms with Crippen LogP contribution >= 0.6 is 0 Å². The van der Waals surface area contributed by atoms with Gasteiger partial charge in [0.05, 0.1) is 33.8 Å². The van der Waals surface area contributed by atoms with Gasteiger partial charge >= 0.3 is 26.2 Å². The van der Waals surface area contributed by atoms with Crippen LogP contribution in [0.1, 0.15) is 24.2 Å². The van der Waals surface area contributed by atoms with Crippen LogP contribution in [0.2, 0.25) is 0 Å². The van der Waals surface area contributed by atoms with Crippen molar-refractivity contribution in [3.63, 3.8) is 0 Å². The van der Waals surface area contributed by atoms with E-state index in [0.717, 1.165) is 18.1 Å². The lowest BCUT2D eigenvalue weighted by molar-refractivity contribution is 0.0597. The predicted molar refractivity (Wildman–Crippen MR) is 158 cm³/mol. The summed E-state index contributed by atoms with van der Waals surface area (Å²) in [5, 5.41) is 0. The van der Waals surface area contributed by atoms with Crippen LogP contribution in [0.5, 0.6) is 28.7 Å². The molecule has 0 N–H and O–H groups in total. The lowest BCUT2D eigenvalue weighted by Gasteiger charge is -2.21. The number of hydrogen-bond donors (Lipinski definition) is 0. The lowest BCUT2D eigenvalue weighted by atomic mass is 9.92. The summed E-state index contributed by atoms with van der Waals surface area (Å²) < 4.78 is 79.5. The van der Waals surface area contributed by atoms with Crippen molar-refractivity contribution in [2.75, 3.05) is 40.4 Å². The van der Waals surface area contributed by atoms with Gasteiger partial charge in [0.25, 0.3) is 0 Å². The Morgan fingerprint density at radius 1 is 0.762 bits per heavy atom. The fraction of sp³-hybridized carbons (Fsp3) is 0.276. The SMILES string of the molecule is COC(=O)c1c(OC)c(-c2ccc(OS(C)(=O)=O)cc2)cc(OC)c1-c1ccc(OCC=C(C)C)c(OS(C)(=O)=O)c1. The maximum absolute atomic E-state index is 13.2. The summed E-state index contributed by atoms with van der Waals surface area (Å²) in [5.41, 5.74) is 2.58. The molecule has 3 aromatic carbocycles. The summed E-state index contributed by atoms with van der Waals surface area (Å²) in [5.74, 6) is -0.231. The molecule has 0 amide bonds. The molecule has 0 aromatic heterocycles. The van der Waals surface area contributed by atoms with Crippen LogP contribution in [0.4, 0.5) is 0 Å². The Morgan fingerprint density at radius 2 is 1.38 bits per heavy atom. The summed E-state index contributed by atoms with van der Waals surface area (Å²) in [4.78, 5) is 13.2. The van der Waals surface area contributed by atoms with Gasteiger partial charge in [-0.05, 0) is 61.4 Å². The van der Waals surface area contributed by atoms with Crippen molar-refractivity contribution in [2.24, 2.45) is 0 Å². The monoisotopic (exact) mass is 620 g/mol. The Morgan fingerprint density at radius 3 is 1.90 bits per heavy atom. The number of ether oxygens (including phenoxy) is 4. The highest BCUT2D eigenvalue weighted by atomic mass is 32.2. The molecule has 0 heterocycles. The van der Waals surface area contributed by atoms with Gasteiger partial charge in [-0.2, -0.15) is 16.8 Å². The molecule has 13 heteroatoms. The first-order valence-corrected chi connectivity index (χ1v) is 16.0. The van der Waals surface area contributed by atoms with Crippen LogP contribution in [0.25, 0.3) is 22.3 Å². The number of carbonyl (C=O) groups is 1. The number of benzene rings is 3. The number of rotatable bonds is 12. The highest BCUT2D eigenvalue weighted by Gasteiger charge is 2.28. The van der Waals surface area contributed by atoms with E-state index < -0.39 is 26.2 Å². The van der Waals surface area contributed by atoms with E-state index in [-0.39, 0.29) is 46.5 Å². The molecule has 3 aromatic rings. The minimum Gasteiger partial charge on any atom is -0.496 e. The number of methoxy groups -OCH3 is 3. The summed E-state index contributed by atoms with van der Waals surface area (Å²) in [6.45, 7) is 3.97. The quantitative estimate of drug-likeness (QED) is 0.156.